The number of aryl methyl sites for hydroxylation is 1. The SMILES string of the molecule is CC(C)(C)OC(=O)N[C@H]1OC(=O)[C@H](Cc2ccccc2F)C1CCc1ccccc1. The van der Waals surface area contributed by atoms with E-state index in [4.69, 9.17) is 9.47 Å². The quantitative estimate of drug-likeness (QED) is 0.701. The molecular formula is C24H28FNO4. The van der Waals surface area contributed by atoms with E-state index in [2.05, 4.69) is 5.32 Å². The first-order valence-corrected chi connectivity index (χ1v) is 10.2. The number of hydrogen-bond donors (Lipinski definition) is 1. The normalized spacial score (nSPS) is 21.2. The van der Waals surface area contributed by atoms with Crippen LogP contribution >= 0.6 is 0 Å². The largest absolute Gasteiger partial charge is 0.444 e. The number of cyclic esters (lactones) is 1. The Morgan fingerprint density at radius 3 is 2.43 bits per heavy atom. The van der Waals surface area contributed by atoms with Gasteiger partial charge in [-0.05, 0) is 57.2 Å². The third-order valence-corrected chi connectivity index (χ3v) is 5.12. The average Bonchev–Trinajstić information content (AvgIpc) is 2.95. The lowest BCUT2D eigenvalue weighted by atomic mass is 9.83. The molecule has 160 valence electrons. The average molecular weight is 413 g/mol. The van der Waals surface area contributed by atoms with Gasteiger partial charge >= 0.3 is 12.1 Å². The minimum atomic E-state index is -0.812. The number of hydrogen-bond acceptors (Lipinski definition) is 4. The lowest BCUT2D eigenvalue weighted by molar-refractivity contribution is -0.145. The molecule has 2 aromatic carbocycles. The Labute approximate surface area is 176 Å². The highest BCUT2D eigenvalue weighted by atomic mass is 19.1. The standard InChI is InChI=1S/C24H28FNO4/c1-24(2,3)30-23(28)26-21-18(14-13-16-9-5-4-6-10-16)19(22(27)29-21)15-17-11-7-8-12-20(17)25/h4-12,18-19,21H,13-15H2,1-3H3,(H,26,28)/t18?,19-,21+/m1/s1. The van der Waals surface area contributed by atoms with Crippen molar-refractivity contribution in [1.29, 1.82) is 0 Å². The van der Waals surface area contributed by atoms with Crippen molar-refractivity contribution in [3.8, 4) is 0 Å². The van der Waals surface area contributed by atoms with Crippen molar-refractivity contribution < 1.29 is 23.5 Å². The highest BCUT2D eigenvalue weighted by Crippen LogP contribution is 2.34. The number of carbonyl (C=O) groups is 2. The van der Waals surface area contributed by atoms with Crippen molar-refractivity contribution in [2.75, 3.05) is 0 Å². The smallest absolute Gasteiger partial charge is 0.410 e. The molecule has 1 unspecified atom stereocenters. The number of amides is 1. The first-order chi connectivity index (χ1) is 14.2. The van der Waals surface area contributed by atoms with Crippen LogP contribution in [0.1, 0.15) is 38.3 Å². The van der Waals surface area contributed by atoms with E-state index in [1.165, 1.54) is 6.07 Å². The molecule has 1 N–H and O–H groups in total. The summed E-state index contributed by atoms with van der Waals surface area (Å²) >= 11 is 0. The summed E-state index contributed by atoms with van der Waals surface area (Å²) in [4.78, 5) is 24.9. The van der Waals surface area contributed by atoms with Gasteiger partial charge in [-0.3, -0.25) is 10.1 Å². The molecule has 3 rings (SSSR count). The van der Waals surface area contributed by atoms with Gasteiger partial charge in [0.25, 0.3) is 0 Å². The van der Waals surface area contributed by atoms with E-state index in [1.807, 2.05) is 30.3 Å². The third-order valence-electron chi connectivity index (χ3n) is 5.12. The molecule has 30 heavy (non-hydrogen) atoms. The molecule has 0 aliphatic carbocycles. The number of halogens is 1. The second-order valence-corrected chi connectivity index (χ2v) is 8.59. The molecule has 0 bridgehead atoms. The molecule has 0 radical (unpaired) electrons. The summed E-state index contributed by atoms with van der Waals surface area (Å²) in [6, 6.07) is 16.3. The number of carbonyl (C=O) groups excluding carboxylic acids is 2. The van der Waals surface area contributed by atoms with Gasteiger partial charge in [0.2, 0.25) is 0 Å². The topological polar surface area (TPSA) is 64.6 Å². The number of benzene rings is 2. The molecule has 5 nitrogen and oxygen atoms in total. The van der Waals surface area contributed by atoms with Crippen LogP contribution in [-0.2, 0) is 27.1 Å². The fraction of sp³-hybridized carbons (Fsp3) is 0.417. The van der Waals surface area contributed by atoms with Crippen LogP contribution in [0.25, 0.3) is 0 Å². The molecule has 1 saturated heterocycles. The van der Waals surface area contributed by atoms with E-state index < -0.39 is 29.8 Å². The lowest BCUT2D eigenvalue weighted by Gasteiger charge is -2.25. The number of ether oxygens (including phenoxy) is 2. The lowest BCUT2D eigenvalue weighted by Crippen LogP contribution is -2.42. The van der Waals surface area contributed by atoms with E-state index >= 15 is 0 Å². The zero-order chi connectivity index (χ0) is 21.7. The minimum Gasteiger partial charge on any atom is -0.444 e. The van der Waals surface area contributed by atoms with Crippen LogP contribution in [0.15, 0.2) is 54.6 Å². The van der Waals surface area contributed by atoms with Crippen molar-refractivity contribution in [3.05, 3.63) is 71.5 Å². The van der Waals surface area contributed by atoms with Crippen LogP contribution in [0.4, 0.5) is 9.18 Å². The Hall–Kier alpha value is -2.89. The highest BCUT2D eigenvalue weighted by molar-refractivity contribution is 5.77. The Morgan fingerprint density at radius 2 is 1.77 bits per heavy atom. The van der Waals surface area contributed by atoms with Gasteiger partial charge in [-0.25, -0.2) is 9.18 Å². The summed E-state index contributed by atoms with van der Waals surface area (Å²) in [6.45, 7) is 5.29. The van der Waals surface area contributed by atoms with E-state index in [9.17, 15) is 14.0 Å². The molecule has 2 aromatic rings. The van der Waals surface area contributed by atoms with Gasteiger partial charge in [-0.1, -0.05) is 48.5 Å². The predicted molar refractivity (Wildman–Crippen MR) is 111 cm³/mol. The predicted octanol–water partition coefficient (Wildman–Crippen LogP) is 4.64. The van der Waals surface area contributed by atoms with Crippen LogP contribution in [-0.4, -0.2) is 23.9 Å². The zero-order valence-electron chi connectivity index (χ0n) is 17.6. The van der Waals surface area contributed by atoms with Crippen molar-refractivity contribution in [2.45, 2.75) is 51.9 Å². The van der Waals surface area contributed by atoms with Crippen molar-refractivity contribution >= 4 is 12.1 Å². The first-order valence-electron chi connectivity index (χ1n) is 10.2. The van der Waals surface area contributed by atoms with Gasteiger partial charge < -0.3 is 9.47 Å². The second kappa shape index (κ2) is 9.28. The maximum atomic E-state index is 14.2. The Bertz CT molecular complexity index is 878. The third kappa shape index (κ3) is 5.81. The number of esters is 1. The Morgan fingerprint density at radius 1 is 1.10 bits per heavy atom. The molecule has 1 aliphatic heterocycles. The fourth-order valence-corrected chi connectivity index (χ4v) is 3.71. The van der Waals surface area contributed by atoms with Crippen LogP contribution in [0.5, 0.6) is 0 Å². The van der Waals surface area contributed by atoms with E-state index in [-0.39, 0.29) is 18.2 Å². The second-order valence-electron chi connectivity index (χ2n) is 8.59. The zero-order valence-corrected chi connectivity index (χ0v) is 17.6. The van der Waals surface area contributed by atoms with Crippen LogP contribution < -0.4 is 5.32 Å². The summed E-state index contributed by atoms with van der Waals surface area (Å²) in [5.74, 6) is -1.64. The monoisotopic (exact) mass is 413 g/mol. The van der Waals surface area contributed by atoms with E-state index in [1.54, 1.807) is 39.0 Å². The van der Waals surface area contributed by atoms with Gasteiger partial charge in [0.15, 0.2) is 6.23 Å². The molecule has 1 aliphatic rings. The molecule has 0 saturated carbocycles. The van der Waals surface area contributed by atoms with Gasteiger partial charge in [0.1, 0.15) is 11.4 Å². The maximum Gasteiger partial charge on any atom is 0.410 e. The molecule has 1 heterocycles. The van der Waals surface area contributed by atoms with Crippen molar-refractivity contribution in [3.63, 3.8) is 0 Å². The number of nitrogens with one attached hydrogen (secondary N) is 1. The van der Waals surface area contributed by atoms with E-state index in [0.717, 1.165) is 5.56 Å². The summed E-state index contributed by atoms with van der Waals surface area (Å²) in [7, 11) is 0. The van der Waals surface area contributed by atoms with Crippen molar-refractivity contribution in [1.82, 2.24) is 5.32 Å². The van der Waals surface area contributed by atoms with E-state index in [0.29, 0.717) is 18.4 Å². The molecule has 3 atom stereocenters. The van der Waals surface area contributed by atoms with Crippen molar-refractivity contribution in [2.24, 2.45) is 11.8 Å². The summed E-state index contributed by atoms with van der Waals surface area (Å²) < 4.78 is 25.0. The van der Waals surface area contributed by atoms with Gasteiger partial charge in [-0.2, -0.15) is 0 Å². The molecule has 6 heteroatoms. The van der Waals surface area contributed by atoms with Crippen LogP contribution in [0.3, 0.4) is 0 Å². The van der Waals surface area contributed by atoms with Crippen LogP contribution in [0.2, 0.25) is 0 Å². The fourth-order valence-electron chi connectivity index (χ4n) is 3.71. The molecule has 0 spiro atoms. The molecular weight excluding hydrogens is 385 g/mol. The molecule has 0 aromatic heterocycles. The molecule has 1 amide bonds. The summed E-state index contributed by atoms with van der Waals surface area (Å²) in [5, 5.41) is 2.68. The van der Waals surface area contributed by atoms with Gasteiger partial charge in [0.05, 0.1) is 5.92 Å². The summed E-state index contributed by atoms with van der Waals surface area (Å²) in [5.41, 5.74) is 0.915. The highest BCUT2D eigenvalue weighted by Gasteiger charge is 2.45. The summed E-state index contributed by atoms with van der Waals surface area (Å²) in [6.07, 6.45) is 0.0827. The van der Waals surface area contributed by atoms with Gasteiger partial charge in [-0.15, -0.1) is 0 Å². The first kappa shape index (κ1) is 21.8. The number of rotatable bonds is 6. The maximum absolute atomic E-state index is 14.2. The van der Waals surface area contributed by atoms with Gasteiger partial charge in [0, 0.05) is 5.92 Å². The Balaban J connectivity index is 1.77. The van der Waals surface area contributed by atoms with Crippen LogP contribution in [0, 0.1) is 17.7 Å². The number of alkyl carbamates (subject to hydrolysis) is 1. The molecule has 1 fully saturated rings. The minimum absolute atomic E-state index is 0.220. The Kier molecular flexibility index (Phi) is 6.75.